The molecule has 2 fully saturated rings. The van der Waals surface area contributed by atoms with Gasteiger partial charge in [0.15, 0.2) is 0 Å². The zero-order valence-corrected chi connectivity index (χ0v) is 16.8. The fourth-order valence-electron chi connectivity index (χ4n) is 5.06. The number of benzene rings is 1. The summed E-state index contributed by atoms with van der Waals surface area (Å²) < 4.78 is 5.33. The van der Waals surface area contributed by atoms with Crippen molar-refractivity contribution in [2.45, 2.75) is 45.1 Å². The van der Waals surface area contributed by atoms with Crippen LogP contribution < -0.4 is 4.74 Å². The van der Waals surface area contributed by atoms with Crippen LogP contribution in [-0.4, -0.2) is 60.5 Å². The van der Waals surface area contributed by atoms with E-state index in [0.29, 0.717) is 17.7 Å². The molecule has 146 valence electrons. The second-order valence-corrected chi connectivity index (χ2v) is 8.22. The number of ether oxygens (including phenoxy) is 1. The van der Waals surface area contributed by atoms with E-state index in [9.17, 15) is 4.79 Å². The van der Waals surface area contributed by atoms with Gasteiger partial charge in [-0.2, -0.15) is 0 Å². The van der Waals surface area contributed by atoms with Crippen LogP contribution in [0.5, 0.6) is 5.75 Å². The molecule has 2 saturated heterocycles. The van der Waals surface area contributed by atoms with Crippen molar-refractivity contribution in [2.24, 2.45) is 5.92 Å². The lowest BCUT2D eigenvalue weighted by Gasteiger charge is -2.45. The van der Waals surface area contributed by atoms with Crippen molar-refractivity contribution in [3.05, 3.63) is 29.5 Å². The summed E-state index contributed by atoms with van der Waals surface area (Å²) in [5.41, 5.74) is 2.70. The predicted octanol–water partition coefficient (Wildman–Crippen LogP) is 3.82. The molecule has 2 aliphatic heterocycles. The highest BCUT2D eigenvalue weighted by atomic mass is 16.5. The number of rotatable bonds is 4. The van der Waals surface area contributed by atoms with E-state index in [1.807, 2.05) is 37.1 Å². The van der Waals surface area contributed by atoms with Gasteiger partial charge in [-0.3, -0.25) is 4.79 Å². The first kappa shape index (κ1) is 18.4. The topological polar surface area (TPSA) is 48.6 Å². The molecule has 1 N–H and O–H groups in total. The van der Waals surface area contributed by atoms with E-state index in [-0.39, 0.29) is 5.91 Å². The number of carbonyl (C=O) groups excluding carboxylic acids is 1. The van der Waals surface area contributed by atoms with Crippen LogP contribution in [0.15, 0.2) is 18.2 Å². The Bertz CT molecular complexity index is 826. The average Bonchev–Trinajstić information content (AvgIpc) is 3.03. The average molecular weight is 370 g/mol. The molecule has 4 rings (SSSR count). The number of hydrogen-bond acceptors (Lipinski definition) is 3. The maximum absolute atomic E-state index is 13.2. The summed E-state index contributed by atoms with van der Waals surface area (Å²) in [7, 11) is 3.62. The van der Waals surface area contributed by atoms with Crippen molar-refractivity contribution in [1.29, 1.82) is 0 Å². The number of fused-ring (bicyclic) bond motifs is 2. The van der Waals surface area contributed by atoms with Crippen LogP contribution >= 0.6 is 0 Å². The van der Waals surface area contributed by atoms with Gasteiger partial charge in [0.25, 0.3) is 5.91 Å². The molecule has 0 aliphatic carbocycles. The van der Waals surface area contributed by atoms with Gasteiger partial charge in [0, 0.05) is 30.5 Å². The fraction of sp³-hybridized carbons (Fsp3) is 0.591. The molecular formula is C22H31N3O2. The summed E-state index contributed by atoms with van der Waals surface area (Å²) in [4.78, 5) is 21.1. The number of nitrogens with one attached hydrogen (secondary N) is 1. The monoisotopic (exact) mass is 369 g/mol. The van der Waals surface area contributed by atoms with Crippen LogP contribution in [-0.2, 0) is 0 Å². The lowest BCUT2D eigenvalue weighted by atomic mass is 9.83. The SMILES string of the molecule is COc1ccc2[nH]c(C(=O)N(C)CC3CCCN4CCCCC34)c(C)c2c1. The highest BCUT2D eigenvalue weighted by Gasteiger charge is 2.34. The Labute approximate surface area is 161 Å². The van der Waals surface area contributed by atoms with Gasteiger partial charge in [0.2, 0.25) is 0 Å². The Hall–Kier alpha value is -2.01. The van der Waals surface area contributed by atoms with Crippen molar-refractivity contribution in [3.63, 3.8) is 0 Å². The number of H-pyrrole nitrogens is 1. The van der Waals surface area contributed by atoms with Crippen LogP contribution in [0.3, 0.4) is 0 Å². The predicted molar refractivity (Wildman–Crippen MR) is 108 cm³/mol. The summed E-state index contributed by atoms with van der Waals surface area (Å²) >= 11 is 0. The summed E-state index contributed by atoms with van der Waals surface area (Å²) in [6.45, 7) is 5.34. The zero-order chi connectivity index (χ0) is 19.0. The number of nitrogens with zero attached hydrogens (tertiary/aromatic N) is 2. The first-order chi connectivity index (χ1) is 13.1. The van der Waals surface area contributed by atoms with Crippen LogP contribution in [0.4, 0.5) is 0 Å². The number of methoxy groups -OCH3 is 1. The molecule has 2 aromatic rings. The minimum Gasteiger partial charge on any atom is -0.497 e. The largest absolute Gasteiger partial charge is 0.497 e. The number of amides is 1. The van der Waals surface area contributed by atoms with E-state index in [0.717, 1.165) is 28.8 Å². The highest BCUT2D eigenvalue weighted by molar-refractivity contribution is 6.01. The third kappa shape index (κ3) is 3.45. The third-order valence-electron chi connectivity index (χ3n) is 6.56. The second-order valence-electron chi connectivity index (χ2n) is 8.22. The third-order valence-corrected chi connectivity index (χ3v) is 6.56. The van der Waals surface area contributed by atoms with E-state index in [4.69, 9.17) is 4.74 Å². The van der Waals surface area contributed by atoms with E-state index in [2.05, 4.69) is 9.88 Å². The first-order valence-corrected chi connectivity index (χ1v) is 10.2. The van der Waals surface area contributed by atoms with Crippen molar-refractivity contribution < 1.29 is 9.53 Å². The van der Waals surface area contributed by atoms with Gasteiger partial charge in [-0.15, -0.1) is 0 Å². The molecule has 0 saturated carbocycles. The Morgan fingerprint density at radius 3 is 2.89 bits per heavy atom. The number of hydrogen-bond donors (Lipinski definition) is 1. The molecule has 2 unspecified atom stereocenters. The van der Waals surface area contributed by atoms with E-state index in [1.165, 1.54) is 45.2 Å². The number of aromatic amines is 1. The molecule has 1 aromatic carbocycles. The van der Waals surface area contributed by atoms with Crippen LogP contribution in [0.1, 0.15) is 48.2 Å². The first-order valence-electron chi connectivity index (χ1n) is 10.2. The molecule has 2 aliphatic rings. The van der Waals surface area contributed by atoms with Gasteiger partial charge in [0.05, 0.1) is 7.11 Å². The van der Waals surface area contributed by atoms with Gasteiger partial charge in [-0.25, -0.2) is 0 Å². The van der Waals surface area contributed by atoms with Crippen LogP contribution in [0, 0.1) is 12.8 Å². The molecule has 1 aromatic heterocycles. The second kappa shape index (κ2) is 7.55. The molecule has 3 heterocycles. The molecule has 0 spiro atoms. The maximum atomic E-state index is 13.2. The standard InChI is InChI=1S/C22H31N3O2/c1-15-18-13-17(27-3)9-10-19(18)23-21(15)22(26)24(2)14-16-7-6-12-25-11-5-4-8-20(16)25/h9-10,13,16,20,23H,4-8,11-12,14H2,1-3H3. The minimum atomic E-state index is 0.0931. The summed E-state index contributed by atoms with van der Waals surface area (Å²) in [6, 6.07) is 6.57. The molecular weight excluding hydrogens is 338 g/mol. The van der Waals surface area contributed by atoms with E-state index < -0.39 is 0 Å². The Kier molecular flexibility index (Phi) is 5.13. The lowest BCUT2D eigenvalue weighted by molar-refractivity contribution is 0.0401. The molecule has 1 amide bonds. The number of aryl methyl sites for hydroxylation is 1. The molecule has 0 bridgehead atoms. The molecule has 2 atom stereocenters. The quantitative estimate of drug-likeness (QED) is 0.891. The zero-order valence-electron chi connectivity index (χ0n) is 16.8. The van der Waals surface area contributed by atoms with Gasteiger partial charge in [-0.1, -0.05) is 6.42 Å². The van der Waals surface area contributed by atoms with Crippen molar-refractivity contribution >= 4 is 16.8 Å². The fourth-order valence-corrected chi connectivity index (χ4v) is 5.06. The number of aromatic nitrogens is 1. The summed E-state index contributed by atoms with van der Waals surface area (Å²) in [5.74, 6) is 1.50. The van der Waals surface area contributed by atoms with Gasteiger partial charge >= 0.3 is 0 Å². The Morgan fingerprint density at radius 1 is 1.26 bits per heavy atom. The van der Waals surface area contributed by atoms with Gasteiger partial charge < -0.3 is 19.5 Å². The summed E-state index contributed by atoms with van der Waals surface area (Å²) in [6.07, 6.45) is 6.45. The van der Waals surface area contributed by atoms with Crippen LogP contribution in [0.2, 0.25) is 0 Å². The number of piperidine rings is 2. The van der Waals surface area contributed by atoms with E-state index in [1.54, 1.807) is 7.11 Å². The summed E-state index contributed by atoms with van der Waals surface area (Å²) in [5, 5.41) is 1.06. The van der Waals surface area contributed by atoms with Gasteiger partial charge in [0.1, 0.15) is 11.4 Å². The van der Waals surface area contributed by atoms with E-state index >= 15 is 0 Å². The van der Waals surface area contributed by atoms with Crippen molar-refractivity contribution in [2.75, 3.05) is 33.8 Å². The normalized spacial score (nSPS) is 23.2. The lowest BCUT2D eigenvalue weighted by Crippen LogP contribution is -2.51. The maximum Gasteiger partial charge on any atom is 0.270 e. The molecule has 0 radical (unpaired) electrons. The minimum absolute atomic E-state index is 0.0931. The van der Waals surface area contributed by atoms with Gasteiger partial charge in [-0.05, 0) is 75.4 Å². The van der Waals surface area contributed by atoms with Crippen molar-refractivity contribution in [3.8, 4) is 5.75 Å². The number of carbonyl (C=O) groups is 1. The smallest absolute Gasteiger partial charge is 0.270 e. The molecule has 27 heavy (non-hydrogen) atoms. The molecule has 5 heteroatoms. The highest BCUT2D eigenvalue weighted by Crippen LogP contribution is 2.32. The van der Waals surface area contributed by atoms with Crippen LogP contribution in [0.25, 0.3) is 10.9 Å². The Morgan fingerprint density at radius 2 is 2.07 bits per heavy atom. The Balaban J connectivity index is 1.52. The van der Waals surface area contributed by atoms with Crippen molar-refractivity contribution in [1.82, 2.24) is 14.8 Å². The molecule has 5 nitrogen and oxygen atoms in total.